The number of aliphatic imine (C=N–C) groups is 2. The zero-order valence-electron chi connectivity index (χ0n) is 17.2. The summed E-state index contributed by atoms with van der Waals surface area (Å²) in [5.74, 6) is 5.42. The second-order valence-electron chi connectivity index (χ2n) is 9.49. The van der Waals surface area contributed by atoms with Crippen LogP contribution >= 0.6 is 0 Å². The van der Waals surface area contributed by atoms with Crippen molar-refractivity contribution in [3.05, 3.63) is 0 Å². The van der Waals surface area contributed by atoms with E-state index >= 15 is 0 Å². The lowest BCUT2D eigenvalue weighted by atomic mass is 9.49. The standard InChI is InChI=1S/2C11H19N/c2*1-7-8(2)11(3)9(7)5-6-10(11)12-4/h2*7-9H,5-6H2,1-4H3/t2*7?,8?,9-,11-/m00/s1. The second-order valence-corrected chi connectivity index (χ2v) is 9.49. The Bertz CT molecular complexity index is 512. The summed E-state index contributed by atoms with van der Waals surface area (Å²) in [6, 6.07) is 0. The number of hydrogen-bond donors (Lipinski definition) is 0. The minimum atomic E-state index is 0.480. The van der Waals surface area contributed by atoms with Crippen LogP contribution in [0.2, 0.25) is 0 Å². The molecule has 4 fully saturated rings. The Morgan fingerprint density at radius 3 is 1.33 bits per heavy atom. The van der Waals surface area contributed by atoms with Gasteiger partial charge in [-0.25, -0.2) is 0 Å². The van der Waals surface area contributed by atoms with Gasteiger partial charge in [0.2, 0.25) is 0 Å². The molecule has 0 radical (unpaired) electrons. The highest BCUT2D eigenvalue weighted by Crippen LogP contribution is 2.63. The van der Waals surface area contributed by atoms with Crippen molar-refractivity contribution >= 4 is 11.4 Å². The molecule has 2 nitrogen and oxygen atoms in total. The summed E-state index contributed by atoms with van der Waals surface area (Å²) in [6.45, 7) is 14.4. The third-order valence-electron chi connectivity index (χ3n) is 9.45. The summed E-state index contributed by atoms with van der Waals surface area (Å²) in [5.41, 5.74) is 3.93. The number of rotatable bonds is 0. The molecule has 24 heavy (non-hydrogen) atoms. The molecule has 0 N–H and O–H groups in total. The summed E-state index contributed by atoms with van der Waals surface area (Å²) in [7, 11) is 3.91. The first kappa shape index (κ1) is 18.1. The Balaban J connectivity index is 0.000000141. The minimum Gasteiger partial charge on any atom is -0.297 e. The van der Waals surface area contributed by atoms with E-state index in [2.05, 4.69) is 51.5 Å². The minimum absolute atomic E-state index is 0.480. The van der Waals surface area contributed by atoms with Crippen LogP contribution in [0.1, 0.15) is 67.2 Å². The molecular weight excluding hydrogens is 292 g/mol. The maximum Gasteiger partial charge on any atom is 0.0276 e. The van der Waals surface area contributed by atoms with Crippen molar-refractivity contribution in [1.82, 2.24) is 0 Å². The Labute approximate surface area is 149 Å². The molecular formula is C22H38N2. The molecule has 0 saturated heterocycles. The van der Waals surface area contributed by atoms with E-state index in [0.717, 1.165) is 35.5 Å². The Hall–Kier alpha value is -0.660. The highest BCUT2D eigenvalue weighted by molar-refractivity contribution is 5.94. The van der Waals surface area contributed by atoms with Gasteiger partial charge in [-0.3, -0.25) is 9.98 Å². The first-order valence-electron chi connectivity index (χ1n) is 10.2. The maximum absolute atomic E-state index is 4.44. The highest BCUT2D eigenvalue weighted by atomic mass is 14.8. The largest absolute Gasteiger partial charge is 0.297 e. The predicted molar refractivity (Wildman–Crippen MR) is 105 cm³/mol. The highest BCUT2D eigenvalue weighted by Gasteiger charge is 2.60. The lowest BCUT2D eigenvalue weighted by molar-refractivity contribution is -0.0210. The summed E-state index contributed by atoms with van der Waals surface area (Å²) >= 11 is 0. The van der Waals surface area contributed by atoms with Crippen molar-refractivity contribution in [2.45, 2.75) is 67.2 Å². The van der Waals surface area contributed by atoms with E-state index in [-0.39, 0.29) is 0 Å². The summed E-state index contributed by atoms with van der Waals surface area (Å²) in [4.78, 5) is 8.89. The third-order valence-corrected chi connectivity index (χ3v) is 9.45. The fraction of sp³-hybridized carbons (Fsp3) is 0.909. The van der Waals surface area contributed by atoms with Crippen LogP contribution in [0.15, 0.2) is 9.98 Å². The van der Waals surface area contributed by atoms with Gasteiger partial charge in [-0.05, 0) is 61.2 Å². The van der Waals surface area contributed by atoms with Crippen molar-refractivity contribution in [3.8, 4) is 0 Å². The average molecular weight is 331 g/mol. The van der Waals surface area contributed by atoms with Crippen LogP contribution in [0.25, 0.3) is 0 Å². The molecule has 4 rings (SSSR count). The number of nitrogens with zero attached hydrogens (tertiary/aromatic N) is 2. The normalized spacial score (nSPS) is 55.3. The first-order valence-corrected chi connectivity index (χ1v) is 10.2. The van der Waals surface area contributed by atoms with Crippen LogP contribution < -0.4 is 0 Å². The lowest BCUT2D eigenvalue weighted by Gasteiger charge is -2.54. The van der Waals surface area contributed by atoms with Crippen LogP contribution in [0.4, 0.5) is 0 Å². The molecule has 0 aromatic heterocycles. The topological polar surface area (TPSA) is 24.7 Å². The Kier molecular flexibility index (Phi) is 4.50. The smallest absolute Gasteiger partial charge is 0.0276 e. The molecule has 0 amide bonds. The van der Waals surface area contributed by atoms with Crippen molar-refractivity contribution in [2.24, 2.45) is 56.3 Å². The molecule has 2 heteroatoms. The molecule has 136 valence electrons. The van der Waals surface area contributed by atoms with Crippen LogP contribution in [0.3, 0.4) is 0 Å². The maximum atomic E-state index is 4.44. The van der Waals surface area contributed by atoms with Crippen molar-refractivity contribution in [1.29, 1.82) is 0 Å². The molecule has 0 aromatic carbocycles. The van der Waals surface area contributed by atoms with E-state index < -0.39 is 0 Å². The molecule has 0 aliphatic heterocycles. The van der Waals surface area contributed by atoms with Gasteiger partial charge >= 0.3 is 0 Å². The van der Waals surface area contributed by atoms with Gasteiger partial charge in [-0.1, -0.05) is 41.5 Å². The van der Waals surface area contributed by atoms with E-state index in [4.69, 9.17) is 0 Å². The summed E-state index contributed by atoms with van der Waals surface area (Å²) < 4.78 is 0. The monoisotopic (exact) mass is 330 g/mol. The zero-order chi connectivity index (χ0) is 17.9. The van der Waals surface area contributed by atoms with Crippen molar-refractivity contribution in [3.63, 3.8) is 0 Å². The van der Waals surface area contributed by atoms with E-state index in [1.165, 1.54) is 37.1 Å². The van der Waals surface area contributed by atoms with Crippen LogP contribution in [-0.4, -0.2) is 25.5 Å². The Morgan fingerprint density at radius 2 is 1.04 bits per heavy atom. The molecule has 0 bridgehead atoms. The SMILES string of the molecule is CN=C1CC[C@H]2C(C)C(C)[C@]12C.CN=C1CC[C@H]2C(C)C(C)[C@]12C. The zero-order valence-corrected chi connectivity index (χ0v) is 17.2. The van der Waals surface area contributed by atoms with Crippen LogP contribution in [-0.2, 0) is 0 Å². The van der Waals surface area contributed by atoms with Gasteiger partial charge in [0, 0.05) is 36.3 Å². The molecule has 0 spiro atoms. The second kappa shape index (κ2) is 5.95. The molecule has 0 heterocycles. The number of hydrogen-bond acceptors (Lipinski definition) is 2. The van der Waals surface area contributed by atoms with Gasteiger partial charge in [-0.15, -0.1) is 0 Å². The summed E-state index contributed by atoms with van der Waals surface area (Å²) in [6.07, 6.45) is 5.28. The van der Waals surface area contributed by atoms with E-state index in [9.17, 15) is 0 Å². The van der Waals surface area contributed by atoms with Gasteiger partial charge in [0.05, 0.1) is 0 Å². The lowest BCUT2D eigenvalue weighted by Crippen LogP contribution is -2.52. The van der Waals surface area contributed by atoms with Crippen molar-refractivity contribution < 1.29 is 0 Å². The van der Waals surface area contributed by atoms with Crippen molar-refractivity contribution in [2.75, 3.05) is 14.1 Å². The molecule has 4 saturated carbocycles. The molecule has 0 aromatic rings. The van der Waals surface area contributed by atoms with Crippen LogP contribution in [0.5, 0.6) is 0 Å². The molecule has 4 aliphatic rings. The average Bonchev–Trinajstić information content (AvgIpc) is 3.07. The molecule has 8 atom stereocenters. The van der Waals surface area contributed by atoms with Crippen LogP contribution in [0, 0.1) is 46.3 Å². The Morgan fingerprint density at radius 1 is 0.708 bits per heavy atom. The fourth-order valence-corrected chi connectivity index (χ4v) is 7.23. The van der Waals surface area contributed by atoms with Gasteiger partial charge in [-0.2, -0.15) is 0 Å². The number of fused-ring (bicyclic) bond motifs is 2. The first-order chi connectivity index (χ1) is 11.2. The quantitative estimate of drug-likeness (QED) is 0.559. The molecule has 4 unspecified atom stereocenters. The van der Waals surface area contributed by atoms with Gasteiger partial charge in [0.25, 0.3) is 0 Å². The summed E-state index contributed by atoms with van der Waals surface area (Å²) in [5, 5.41) is 0. The fourth-order valence-electron chi connectivity index (χ4n) is 7.23. The predicted octanol–water partition coefficient (Wildman–Crippen LogP) is 5.52. The third kappa shape index (κ3) is 2.07. The van der Waals surface area contributed by atoms with Gasteiger partial charge < -0.3 is 0 Å². The van der Waals surface area contributed by atoms with E-state index in [1.54, 1.807) is 0 Å². The molecule has 4 aliphatic carbocycles. The van der Waals surface area contributed by atoms with Gasteiger partial charge in [0.1, 0.15) is 0 Å². The van der Waals surface area contributed by atoms with Gasteiger partial charge in [0.15, 0.2) is 0 Å². The van der Waals surface area contributed by atoms with E-state index in [1.807, 2.05) is 14.1 Å². The van der Waals surface area contributed by atoms with E-state index in [0.29, 0.717) is 10.8 Å².